The summed E-state index contributed by atoms with van der Waals surface area (Å²) in [6.07, 6.45) is 0. The van der Waals surface area contributed by atoms with Crippen molar-refractivity contribution in [2.24, 2.45) is 0 Å². The molecular weight excluding hydrogens is 374 g/mol. The van der Waals surface area contributed by atoms with E-state index in [1.807, 2.05) is 84.9 Å². The number of methoxy groups -OCH3 is 1. The zero-order valence-electron chi connectivity index (χ0n) is 16.3. The third-order valence-electron chi connectivity index (χ3n) is 5.12. The fraction of sp³-hybridized carbons (Fsp3) is 0.0400. The number of hydrogen-bond acceptors (Lipinski definition) is 3. The first kappa shape index (κ1) is 17.9. The van der Waals surface area contributed by atoms with Crippen LogP contribution in [-0.4, -0.2) is 22.1 Å². The number of rotatable bonds is 4. The van der Waals surface area contributed by atoms with Crippen molar-refractivity contribution >= 4 is 10.9 Å². The number of ether oxygens (including phenoxy) is 1. The van der Waals surface area contributed by atoms with Gasteiger partial charge in [-0.2, -0.15) is 0 Å². The van der Waals surface area contributed by atoms with Gasteiger partial charge in [-0.1, -0.05) is 60.7 Å². The summed E-state index contributed by atoms with van der Waals surface area (Å²) >= 11 is 0. The average Bonchev–Trinajstić information content (AvgIpc) is 3.25. The lowest BCUT2D eigenvalue weighted by Crippen LogP contribution is -2.09. The Morgan fingerprint density at radius 1 is 0.800 bits per heavy atom. The first-order chi connectivity index (χ1) is 14.7. The molecule has 0 aliphatic carbocycles. The highest BCUT2D eigenvalue weighted by atomic mass is 16.5. The number of imidazole rings is 1. The van der Waals surface area contributed by atoms with Crippen LogP contribution < -0.4 is 10.3 Å². The van der Waals surface area contributed by atoms with Crippen molar-refractivity contribution in [3.05, 3.63) is 95.3 Å². The van der Waals surface area contributed by atoms with Gasteiger partial charge in [-0.3, -0.25) is 4.79 Å². The van der Waals surface area contributed by atoms with Crippen LogP contribution in [0.2, 0.25) is 0 Å². The summed E-state index contributed by atoms with van der Waals surface area (Å²) < 4.78 is 5.32. The second kappa shape index (κ2) is 7.37. The van der Waals surface area contributed by atoms with Crippen molar-refractivity contribution < 1.29 is 4.74 Å². The maximum absolute atomic E-state index is 12.8. The van der Waals surface area contributed by atoms with Crippen molar-refractivity contribution in [2.75, 3.05) is 7.11 Å². The van der Waals surface area contributed by atoms with Gasteiger partial charge in [-0.25, -0.2) is 4.98 Å². The number of aromatic nitrogens is 3. The molecule has 2 heterocycles. The standard InChI is InChI=1S/C25H19N3O2/c1-30-19-12-13-21-18(14-19)15-20(25(29)26-21)24-27-22(16-8-4-2-5-9-16)23(28-24)17-10-6-3-7-11-17/h2-15H,1H3,(H,26,29)(H,27,28). The smallest absolute Gasteiger partial charge is 0.259 e. The summed E-state index contributed by atoms with van der Waals surface area (Å²) in [5.74, 6) is 1.26. The third-order valence-corrected chi connectivity index (χ3v) is 5.12. The van der Waals surface area contributed by atoms with E-state index < -0.39 is 0 Å². The molecule has 5 nitrogen and oxygen atoms in total. The lowest BCUT2D eigenvalue weighted by Gasteiger charge is -2.04. The Kier molecular flexibility index (Phi) is 4.41. The Bertz CT molecular complexity index is 1330. The second-order valence-electron chi connectivity index (χ2n) is 7.01. The van der Waals surface area contributed by atoms with Gasteiger partial charge in [0, 0.05) is 22.0 Å². The molecule has 0 amide bonds. The van der Waals surface area contributed by atoms with Crippen molar-refractivity contribution in [3.8, 4) is 39.7 Å². The molecule has 2 aromatic heterocycles. The Labute approximate surface area is 173 Å². The maximum Gasteiger partial charge on any atom is 0.259 e. The maximum atomic E-state index is 12.8. The molecule has 3 aromatic carbocycles. The Morgan fingerprint density at radius 3 is 2.20 bits per heavy atom. The van der Waals surface area contributed by atoms with Crippen LogP contribution in [0.15, 0.2) is 89.7 Å². The van der Waals surface area contributed by atoms with E-state index in [2.05, 4.69) is 9.97 Å². The fourth-order valence-electron chi connectivity index (χ4n) is 3.61. The number of fused-ring (bicyclic) bond motifs is 1. The quantitative estimate of drug-likeness (QED) is 0.437. The van der Waals surface area contributed by atoms with E-state index in [-0.39, 0.29) is 5.56 Å². The lowest BCUT2D eigenvalue weighted by atomic mass is 10.1. The minimum atomic E-state index is -0.194. The van der Waals surface area contributed by atoms with E-state index in [9.17, 15) is 4.79 Å². The van der Waals surface area contributed by atoms with E-state index in [1.165, 1.54) is 0 Å². The van der Waals surface area contributed by atoms with Crippen LogP contribution in [0.4, 0.5) is 0 Å². The molecule has 0 saturated heterocycles. The Balaban J connectivity index is 1.73. The molecular formula is C25H19N3O2. The molecule has 30 heavy (non-hydrogen) atoms. The average molecular weight is 393 g/mol. The molecule has 0 saturated carbocycles. The van der Waals surface area contributed by atoms with Gasteiger partial charge < -0.3 is 14.7 Å². The number of benzene rings is 3. The molecule has 0 bridgehead atoms. The zero-order valence-corrected chi connectivity index (χ0v) is 16.3. The summed E-state index contributed by atoms with van der Waals surface area (Å²) in [4.78, 5) is 24.0. The fourth-order valence-corrected chi connectivity index (χ4v) is 3.61. The van der Waals surface area contributed by atoms with E-state index in [0.717, 1.165) is 39.2 Å². The monoisotopic (exact) mass is 393 g/mol. The van der Waals surface area contributed by atoms with E-state index >= 15 is 0 Å². The first-order valence-corrected chi connectivity index (χ1v) is 9.65. The largest absolute Gasteiger partial charge is 0.497 e. The van der Waals surface area contributed by atoms with Crippen LogP contribution in [0.3, 0.4) is 0 Å². The molecule has 0 unspecified atom stereocenters. The Hall–Kier alpha value is -4.12. The second-order valence-corrected chi connectivity index (χ2v) is 7.01. The number of aromatic amines is 2. The molecule has 5 heteroatoms. The topological polar surface area (TPSA) is 70.8 Å². The van der Waals surface area contributed by atoms with Gasteiger partial charge in [0.25, 0.3) is 5.56 Å². The summed E-state index contributed by atoms with van der Waals surface area (Å²) in [6.45, 7) is 0. The van der Waals surface area contributed by atoms with E-state index in [4.69, 9.17) is 9.72 Å². The minimum absolute atomic E-state index is 0.194. The summed E-state index contributed by atoms with van der Waals surface area (Å²) in [7, 11) is 1.62. The number of hydrogen-bond donors (Lipinski definition) is 2. The molecule has 2 N–H and O–H groups in total. The lowest BCUT2D eigenvalue weighted by molar-refractivity contribution is 0.415. The van der Waals surface area contributed by atoms with Gasteiger partial charge in [0.2, 0.25) is 0 Å². The van der Waals surface area contributed by atoms with Crippen LogP contribution in [0.5, 0.6) is 5.75 Å². The van der Waals surface area contributed by atoms with Gasteiger partial charge >= 0.3 is 0 Å². The van der Waals surface area contributed by atoms with Crippen molar-refractivity contribution in [2.45, 2.75) is 0 Å². The number of nitrogens with zero attached hydrogens (tertiary/aromatic N) is 1. The third kappa shape index (κ3) is 3.16. The predicted molar refractivity (Wildman–Crippen MR) is 120 cm³/mol. The van der Waals surface area contributed by atoms with Crippen LogP contribution >= 0.6 is 0 Å². The minimum Gasteiger partial charge on any atom is -0.497 e. The number of H-pyrrole nitrogens is 2. The zero-order chi connectivity index (χ0) is 20.5. The first-order valence-electron chi connectivity index (χ1n) is 9.65. The summed E-state index contributed by atoms with van der Waals surface area (Å²) in [5.41, 5.74) is 4.72. The molecule has 5 aromatic rings. The van der Waals surface area contributed by atoms with E-state index in [0.29, 0.717) is 11.4 Å². The molecule has 0 atom stereocenters. The highest BCUT2D eigenvalue weighted by molar-refractivity contribution is 5.86. The van der Waals surface area contributed by atoms with Gasteiger partial charge in [0.1, 0.15) is 11.6 Å². The summed E-state index contributed by atoms with van der Waals surface area (Å²) in [6, 6.07) is 27.4. The normalized spacial score (nSPS) is 11.0. The van der Waals surface area contributed by atoms with Gasteiger partial charge in [0.15, 0.2) is 0 Å². The number of nitrogens with one attached hydrogen (secondary N) is 2. The molecule has 5 rings (SSSR count). The van der Waals surface area contributed by atoms with Crippen molar-refractivity contribution in [1.82, 2.24) is 15.0 Å². The highest BCUT2D eigenvalue weighted by Gasteiger charge is 2.17. The summed E-state index contributed by atoms with van der Waals surface area (Å²) in [5, 5.41) is 0.878. The molecule has 0 aliphatic rings. The molecule has 146 valence electrons. The van der Waals surface area contributed by atoms with Gasteiger partial charge in [0.05, 0.1) is 24.1 Å². The van der Waals surface area contributed by atoms with Crippen molar-refractivity contribution in [3.63, 3.8) is 0 Å². The Morgan fingerprint density at radius 2 is 1.50 bits per heavy atom. The molecule has 0 radical (unpaired) electrons. The van der Waals surface area contributed by atoms with E-state index in [1.54, 1.807) is 7.11 Å². The van der Waals surface area contributed by atoms with Crippen LogP contribution in [-0.2, 0) is 0 Å². The van der Waals surface area contributed by atoms with Gasteiger partial charge in [-0.15, -0.1) is 0 Å². The molecule has 0 aliphatic heterocycles. The van der Waals surface area contributed by atoms with Crippen LogP contribution in [0, 0.1) is 0 Å². The highest BCUT2D eigenvalue weighted by Crippen LogP contribution is 2.32. The van der Waals surface area contributed by atoms with Gasteiger partial charge in [-0.05, 0) is 24.3 Å². The van der Waals surface area contributed by atoms with Crippen LogP contribution in [0.25, 0.3) is 44.8 Å². The SMILES string of the molecule is COc1ccc2[nH]c(=O)c(-c3nc(-c4ccccc4)c(-c4ccccc4)[nH]3)cc2c1. The number of pyridine rings is 1. The molecule has 0 fully saturated rings. The van der Waals surface area contributed by atoms with Crippen LogP contribution in [0.1, 0.15) is 0 Å². The molecule has 0 spiro atoms. The predicted octanol–water partition coefficient (Wildman–Crippen LogP) is 5.26. The van der Waals surface area contributed by atoms with Crippen molar-refractivity contribution in [1.29, 1.82) is 0 Å².